The Morgan fingerprint density at radius 1 is 0.951 bits per heavy atom. The summed E-state index contributed by atoms with van der Waals surface area (Å²) in [6.45, 7) is 3.45. The fourth-order valence-electron chi connectivity index (χ4n) is 5.07. The van der Waals surface area contributed by atoms with Crippen molar-refractivity contribution in [2.45, 2.75) is 38.6 Å². The Morgan fingerprint density at radius 2 is 1.76 bits per heavy atom. The van der Waals surface area contributed by atoms with Crippen molar-refractivity contribution in [3.05, 3.63) is 78.1 Å². The lowest BCUT2D eigenvalue weighted by Gasteiger charge is -2.27. The van der Waals surface area contributed by atoms with Gasteiger partial charge in [0.05, 0.1) is 16.9 Å². The normalized spacial score (nSPS) is 13.1. The minimum absolute atomic E-state index is 0.0559. The summed E-state index contributed by atoms with van der Waals surface area (Å²) in [5.74, 6) is 0.153. The maximum absolute atomic E-state index is 13.3. The highest BCUT2D eigenvalue weighted by Gasteiger charge is 2.26. The molecule has 2 amide bonds. The molecule has 0 aliphatic heterocycles. The summed E-state index contributed by atoms with van der Waals surface area (Å²) in [7, 11) is 6.25. The van der Waals surface area contributed by atoms with Crippen molar-refractivity contribution in [3.63, 3.8) is 0 Å². The molecule has 8 nitrogen and oxygen atoms in total. The SMILES string of the molecule is CN(C)CCCN(C)c1ccc(-c2cccc(CN(CCCN)C(=O)c3cccnc3)c2)cc1NC(=O)C1CCC1. The van der Waals surface area contributed by atoms with Crippen LogP contribution in [0.25, 0.3) is 11.1 Å². The molecule has 3 aromatic rings. The molecule has 1 aliphatic rings. The predicted molar refractivity (Wildman–Crippen MR) is 167 cm³/mol. The number of hydrogen-bond acceptors (Lipinski definition) is 6. The van der Waals surface area contributed by atoms with E-state index in [0.29, 0.717) is 25.2 Å². The van der Waals surface area contributed by atoms with Crippen molar-refractivity contribution in [2.24, 2.45) is 11.7 Å². The lowest BCUT2D eigenvalue weighted by molar-refractivity contribution is -0.122. The second-order valence-electron chi connectivity index (χ2n) is 11.2. The topological polar surface area (TPSA) is 94.8 Å². The van der Waals surface area contributed by atoms with Gasteiger partial charge in [0.1, 0.15) is 0 Å². The van der Waals surface area contributed by atoms with Crippen LogP contribution < -0.4 is 16.0 Å². The van der Waals surface area contributed by atoms with Gasteiger partial charge in [-0.25, -0.2) is 0 Å². The molecule has 0 unspecified atom stereocenters. The van der Waals surface area contributed by atoms with Crippen molar-refractivity contribution < 1.29 is 9.59 Å². The van der Waals surface area contributed by atoms with Gasteiger partial charge in [-0.05, 0) is 99.9 Å². The van der Waals surface area contributed by atoms with Crippen molar-refractivity contribution in [1.29, 1.82) is 0 Å². The first-order chi connectivity index (χ1) is 19.9. The molecule has 4 rings (SSSR count). The molecule has 1 fully saturated rings. The number of anilines is 2. The van der Waals surface area contributed by atoms with E-state index in [4.69, 9.17) is 5.73 Å². The van der Waals surface area contributed by atoms with Gasteiger partial charge in [-0.15, -0.1) is 0 Å². The Bertz CT molecular complexity index is 1290. The van der Waals surface area contributed by atoms with Gasteiger partial charge in [-0.1, -0.05) is 30.7 Å². The van der Waals surface area contributed by atoms with E-state index in [1.165, 1.54) is 0 Å². The summed E-state index contributed by atoms with van der Waals surface area (Å²) in [5.41, 5.74) is 11.3. The van der Waals surface area contributed by atoms with Gasteiger partial charge in [-0.2, -0.15) is 0 Å². The van der Waals surface area contributed by atoms with Gasteiger partial charge in [0.2, 0.25) is 5.91 Å². The zero-order valence-corrected chi connectivity index (χ0v) is 24.7. The standard InChI is InChI=1S/C33H44N6O2/c1-37(2)18-8-19-38(3)31-15-14-28(22-30(31)36-32(40)26-10-5-11-26)27-12-4-9-25(21-27)24-39(20-7-16-34)33(41)29-13-6-17-35-23-29/h4,6,9,12-15,17,21-23,26H,5,7-8,10-11,16,18-20,24,34H2,1-3H3,(H,36,40). The first-order valence-corrected chi connectivity index (χ1v) is 14.6. The molecule has 2 aromatic carbocycles. The first kappa shape index (κ1) is 30.2. The number of benzene rings is 2. The molecular formula is C33H44N6O2. The number of nitrogens with zero attached hydrogens (tertiary/aromatic N) is 4. The number of carbonyl (C=O) groups excluding carboxylic acids is 2. The highest BCUT2D eigenvalue weighted by molar-refractivity contribution is 5.97. The molecule has 8 heteroatoms. The maximum atomic E-state index is 13.3. The lowest BCUT2D eigenvalue weighted by atomic mass is 9.85. The van der Waals surface area contributed by atoms with Gasteiger partial charge in [0.25, 0.3) is 5.91 Å². The Hall–Kier alpha value is -3.75. The van der Waals surface area contributed by atoms with Gasteiger partial charge in [0, 0.05) is 45.0 Å². The highest BCUT2D eigenvalue weighted by atomic mass is 16.2. The third kappa shape index (κ3) is 8.38. The zero-order valence-electron chi connectivity index (χ0n) is 24.7. The third-order valence-corrected chi connectivity index (χ3v) is 7.70. The Morgan fingerprint density at radius 3 is 2.44 bits per heavy atom. The number of hydrogen-bond donors (Lipinski definition) is 2. The summed E-state index contributed by atoms with van der Waals surface area (Å²) in [6, 6.07) is 18.1. The summed E-state index contributed by atoms with van der Waals surface area (Å²) in [5, 5.41) is 3.24. The number of amides is 2. The van der Waals surface area contributed by atoms with E-state index in [1.54, 1.807) is 24.5 Å². The average Bonchev–Trinajstić information content (AvgIpc) is 2.94. The number of nitrogens with one attached hydrogen (secondary N) is 1. The van der Waals surface area contributed by atoms with Gasteiger partial charge >= 0.3 is 0 Å². The van der Waals surface area contributed by atoms with Crippen LogP contribution in [0.4, 0.5) is 11.4 Å². The first-order valence-electron chi connectivity index (χ1n) is 14.6. The number of pyridine rings is 1. The van der Waals surface area contributed by atoms with Gasteiger partial charge in [-0.3, -0.25) is 14.6 Å². The molecule has 1 aliphatic carbocycles. The van der Waals surface area contributed by atoms with Gasteiger partial charge < -0.3 is 25.8 Å². The van der Waals surface area contributed by atoms with Crippen LogP contribution in [0.1, 0.15) is 48.0 Å². The fraction of sp³-hybridized carbons (Fsp3) is 0.424. The minimum Gasteiger partial charge on any atom is -0.373 e. The summed E-state index contributed by atoms with van der Waals surface area (Å²) < 4.78 is 0. The molecule has 0 saturated heterocycles. The van der Waals surface area contributed by atoms with E-state index in [0.717, 1.165) is 73.3 Å². The summed E-state index contributed by atoms with van der Waals surface area (Å²) in [6.07, 6.45) is 8.06. The average molecular weight is 557 g/mol. The Kier molecular flexibility index (Phi) is 10.9. The number of carbonyl (C=O) groups is 2. The summed E-state index contributed by atoms with van der Waals surface area (Å²) in [4.78, 5) is 36.6. The van der Waals surface area contributed by atoms with Crippen LogP contribution >= 0.6 is 0 Å². The predicted octanol–water partition coefficient (Wildman–Crippen LogP) is 4.87. The maximum Gasteiger partial charge on any atom is 0.255 e. The third-order valence-electron chi connectivity index (χ3n) is 7.70. The number of aromatic nitrogens is 1. The Balaban J connectivity index is 1.58. The zero-order chi connectivity index (χ0) is 29.2. The van der Waals surface area contributed by atoms with Crippen molar-refractivity contribution in [2.75, 3.05) is 57.5 Å². The Labute approximate surface area is 244 Å². The number of rotatable bonds is 14. The smallest absolute Gasteiger partial charge is 0.255 e. The van der Waals surface area contributed by atoms with Crippen molar-refractivity contribution in [1.82, 2.24) is 14.8 Å². The molecule has 0 spiro atoms. The monoisotopic (exact) mass is 556 g/mol. The molecule has 218 valence electrons. The van der Waals surface area contributed by atoms with E-state index in [1.807, 2.05) is 17.0 Å². The minimum atomic E-state index is -0.0559. The van der Waals surface area contributed by atoms with E-state index in [-0.39, 0.29) is 17.7 Å². The lowest BCUT2D eigenvalue weighted by Crippen LogP contribution is -2.32. The molecule has 0 radical (unpaired) electrons. The second-order valence-corrected chi connectivity index (χ2v) is 11.2. The van der Waals surface area contributed by atoms with Crippen LogP contribution in [-0.2, 0) is 11.3 Å². The fourth-order valence-corrected chi connectivity index (χ4v) is 5.07. The molecule has 0 atom stereocenters. The molecular weight excluding hydrogens is 512 g/mol. The van der Waals surface area contributed by atoms with Crippen LogP contribution in [0.15, 0.2) is 67.0 Å². The largest absolute Gasteiger partial charge is 0.373 e. The van der Waals surface area contributed by atoms with E-state index in [9.17, 15) is 9.59 Å². The molecule has 0 bridgehead atoms. The van der Waals surface area contributed by atoms with Crippen LogP contribution in [0.2, 0.25) is 0 Å². The molecule has 1 heterocycles. The quantitative estimate of drug-likeness (QED) is 0.294. The van der Waals surface area contributed by atoms with Crippen LogP contribution in [-0.4, -0.2) is 73.9 Å². The van der Waals surface area contributed by atoms with Crippen LogP contribution in [0, 0.1) is 5.92 Å². The van der Waals surface area contributed by atoms with Crippen molar-refractivity contribution >= 4 is 23.2 Å². The highest BCUT2D eigenvalue weighted by Crippen LogP contribution is 2.34. The molecule has 41 heavy (non-hydrogen) atoms. The van der Waals surface area contributed by atoms with E-state index < -0.39 is 0 Å². The molecule has 1 aromatic heterocycles. The van der Waals surface area contributed by atoms with Gasteiger partial charge in [0.15, 0.2) is 0 Å². The van der Waals surface area contributed by atoms with Crippen LogP contribution in [0.5, 0.6) is 0 Å². The molecule has 1 saturated carbocycles. The second kappa shape index (κ2) is 14.8. The summed E-state index contributed by atoms with van der Waals surface area (Å²) >= 11 is 0. The number of nitrogens with two attached hydrogens (primary N) is 1. The van der Waals surface area contributed by atoms with E-state index >= 15 is 0 Å². The van der Waals surface area contributed by atoms with Crippen LogP contribution in [0.3, 0.4) is 0 Å². The molecule has 3 N–H and O–H groups in total. The van der Waals surface area contributed by atoms with E-state index in [2.05, 4.69) is 71.6 Å². The van der Waals surface area contributed by atoms with Crippen molar-refractivity contribution in [3.8, 4) is 11.1 Å².